The Morgan fingerprint density at radius 1 is 1.08 bits per heavy atom. The number of aliphatic hydroxyl groups excluding tert-OH is 1. The van der Waals surface area contributed by atoms with Crippen molar-refractivity contribution in [2.75, 3.05) is 13.2 Å². The number of ether oxygens (including phenoxy) is 1. The van der Waals surface area contributed by atoms with Crippen LogP contribution >= 0.6 is 0 Å². The molecule has 0 aromatic heterocycles. The van der Waals surface area contributed by atoms with E-state index in [4.69, 9.17) is 9.84 Å². The van der Waals surface area contributed by atoms with Crippen molar-refractivity contribution >= 4 is 0 Å². The smallest absolute Gasteiger partial charge is 0.0805 e. The van der Waals surface area contributed by atoms with Gasteiger partial charge in [0.15, 0.2) is 0 Å². The molecule has 2 nitrogen and oxygen atoms in total. The van der Waals surface area contributed by atoms with Crippen LogP contribution in [0.3, 0.4) is 0 Å². The summed E-state index contributed by atoms with van der Waals surface area (Å²) in [7, 11) is 0. The third-order valence-electron chi connectivity index (χ3n) is 2.14. The molecule has 0 bridgehead atoms. The maximum Gasteiger partial charge on any atom is 0.0805 e. The van der Waals surface area contributed by atoms with Gasteiger partial charge in [-0.05, 0) is 12.8 Å². The second-order valence-corrected chi connectivity index (χ2v) is 3.52. The third kappa shape index (κ3) is 8.26. The van der Waals surface area contributed by atoms with Gasteiger partial charge in [0.1, 0.15) is 0 Å². The molecule has 1 unspecified atom stereocenters. The van der Waals surface area contributed by atoms with Gasteiger partial charge < -0.3 is 9.84 Å². The Morgan fingerprint density at radius 3 is 2.38 bits per heavy atom. The first-order valence-corrected chi connectivity index (χ1v) is 5.57. The summed E-state index contributed by atoms with van der Waals surface area (Å²) in [6.07, 6.45) is 7.13. The summed E-state index contributed by atoms with van der Waals surface area (Å²) in [6.45, 7) is 5.24. The van der Waals surface area contributed by atoms with Gasteiger partial charge in [-0.15, -0.1) is 0 Å². The van der Waals surface area contributed by atoms with Crippen LogP contribution in [0.1, 0.15) is 52.4 Å². The Morgan fingerprint density at radius 2 is 1.85 bits per heavy atom. The van der Waals surface area contributed by atoms with E-state index in [0.29, 0.717) is 0 Å². The summed E-state index contributed by atoms with van der Waals surface area (Å²) in [4.78, 5) is 0. The molecule has 0 aliphatic carbocycles. The van der Waals surface area contributed by atoms with Gasteiger partial charge in [0.25, 0.3) is 0 Å². The maximum absolute atomic E-state index is 8.98. The molecule has 2 heteroatoms. The van der Waals surface area contributed by atoms with E-state index in [1.807, 2.05) is 0 Å². The summed E-state index contributed by atoms with van der Waals surface area (Å²) in [5.74, 6) is 0. The molecule has 0 aromatic rings. The molecule has 0 spiro atoms. The Kier molecular flexibility index (Phi) is 9.94. The predicted octanol–water partition coefficient (Wildman–Crippen LogP) is 2.74. The fraction of sp³-hybridized carbons (Fsp3) is 1.00. The first-order chi connectivity index (χ1) is 6.35. The van der Waals surface area contributed by atoms with Gasteiger partial charge in [-0.3, -0.25) is 0 Å². The summed E-state index contributed by atoms with van der Waals surface area (Å²) in [6, 6.07) is 0. The van der Waals surface area contributed by atoms with Crippen molar-refractivity contribution in [1.29, 1.82) is 0 Å². The molecule has 0 aliphatic rings. The van der Waals surface area contributed by atoms with Crippen molar-refractivity contribution in [2.45, 2.75) is 58.5 Å². The largest absolute Gasteiger partial charge is 0.394 e. The highest BCUT2D eigenvalue weighted by atomic mass is 16.5. The highest BCUT2D eigenvalue weighted by Crippen LogP contribution is 2.08. The van der Waals surface area contributed by atoms with Crippen LogP contribution in [0.2, 0.25) is 0 Å². The topological polar surface area (TPSA) is 29.5 Å². The van der Waals surface area contributed by atoms with Crippen LogP contribution < -0.4 is 0 Å². The number of aliphatic hydroxyl groups is 1. The van der Waals surface area contributed by atoms with Gasteiger partial charge in [-0.1, -0.05) is 39.5 Å². The molecule has 80 valence electrons. The lowest BCUT2D eigenvalue weighted by atomic mass is 10.1. The fourth-order valence-electron chi connectivity index (χ4n) is 1.31. The summed E-state index contributed by atoms with van der Waals surface area (Å²) in [5.41, 5.74) is 0. The predicted molar refractivity (Wildman–Crippen MR) is 55.9 cm³/mol. The molecule has 0 rings (SSSR count). The Balaban J connectivity index is 3.25. The SMILES string of the molecule is CCCCCCC(CO)OCCC. The van der Waals surface area contributed by atoms with E-state index in [0.717, 1.165) is 19.4 Å². The van der Waals surface area contributed by atoms with Crippen molar-refractivity contribution in [1.82, 2.24) is 0 Å². The van der Waals surface area contributed by atoms with Crippen LogP contribution in [0.25, 0.3) is 0 Å². The average molecular weight is 188 g/mol. The molecule has 0 heterocycles. The monoisotopic (exact) mass is 188 g/mol. The first-order valence-electron chi connectivity index (χ1n) is 5.57. The van der Waals surface area contributed by atoms with Crippen LogP contribution in [0.5, 0.6) is 0 Å². The quantitative estimate of drug-likeness (QED) is 0.564. The Labute approximate surface area is 82.3 Å². The highest BCUT2D eigenvalue weighted by Gasteiger charge is 2.05. The zero-order valence-electron chi connectivity index (χ0n) is 9.09. The molecule has 0 saturated carbocycles. The number of unbranched alkanes of at least 4 members (excludes halogenated alkanes) is 3. The van der Waals surface area contributed by atoms with E-state index in [-0.39, 0.29) is 12.7 Å². The lowest BCUT2D eigenvalue weighted by Crippen LogP contribution is -2.18. The molecule has 0 fully saturated rings. The molecular weight excluding hydrogens is 164 g/mol. The zero-order valence-corrected chi connectivity index (χ0v) is 9.09. The van der Waals surface area contributed by atoms with E-state index in [9.17, 15) is 0 Å². The van der Waals surface area contributed by atoms with Crippen LogP contribution in [0.4, 0.5) is 0 Å². The fourth-order valence-corrected chi connectivity index (χ4v) is 1.31. The molecule has 1 atom stereocenters. The normalized spacial score (nSPS) is 13.2. The maximum atomic E-state index is 8.98. The molecule has 0 aliphatic heterocycles. The minimum absolute atomic E-state index is 0.0804. The second-order valence-electron chi connectivity index (χ2n) is 3.52. The minimum atomic E-state index is 0.0804. The summed E-state index contributed by atoms with van der Waals surface area (Å²) in [5, 5.41) is 8.98. The minimum Gasteiger partial charge on any atom is -0.394 e. The Bertz CT molecular complexity index is 94.1. The van der Waals surface area contributed by atoms with E-state index >= 15 is 0 Å². The van der Waals surface area contributed by atoms with Crippen molar-refractivity contribution in [3.63, 3.8) is 0 Å². The van der Waals surface area contributed by atoms with Crippen molar-refractivity contribution in [3.05, 3.63) is 0 Å². The molecule has 1 N–H and O–H groups in total. The van der Waals surface area contributed by atoms with Crippen molar-refractivity contribution in [3.8, 4) is 0 Å². The number of rotatable bonds is 9. The highest BCUT2D eigenvalue weighted by molar-refractivity contribution is 4.56. The van der Waals surface area contributed by atoms with Gasteiger partial charge >= 0.3 is 0 Å². The molecule has 0 aromatic carbocycles. The average Bonchev–Trinajstić information content (AvgIpc) is 2.17. The summed E-state index contributed by atoms with van der Waals surface area (Å²) >= 11 is 0. The van der Waals surface area contributed by atoms with Crippen LogP contribution in [0.15, 0.2) is 0 Å². The van der Waals surface area contributed by atoms with Gasteiger partial charge in [-0.2, -0.15) is 0 Å². The molecule has 0 amide bonds. The Hall–Kier alpha value is -0.0800. The van der Waals surface area contributed by atoms with Crippen LogP contribution in [-0.4, -0.2) is 24.4 Å². The second kappa shape index (κ2) is 10.0. The number of hydrogen-bond acceptors (Lipinski definition) is 2. The lowest BCUT2D eigenvalue weighted by Gasteiger charge is -2.14. The van der Waals surface area contributed by atoms with E-state index in [1.165, 1.54) is 25.7 Å². The molecule has 0 radical (unpaired) electrons. The number of hydrogen-bond donors (Lipinski definition) is 1. The van der Waals surface area contributed by atoms with Crippen molar-refractivity contribution < 1.29 is 9.84 Å². The van der Waals surface area contributed by atoms with Gasteiger partial charge in [0.05, 0.1) is 12.7 Å². The van der Waals surface area contributed by atoms with E-state index in [2.05, 4.69) is 13.8 Å². The van der Waals surface area contributed by atoms with Gasteiger partial charge in [0, 0.05) is 6.61 Å². The molecule has 0 saturated heterocycles. The van der Waals surface area contributed by atoms with E-state index < -0.39 is 0 Å². The van der Waals surface area contributed by atoms with Gasteiger partial charge in [-0.25, -0.2) is 0 Å². The van der Waals surface area contributed by atoms with E-state index in [1.54, 1.807) is 0 Å². The van der Waals surface area contributed by atoms with Crippen LogP contribution in [0, 0.1) is 0 Å². The molecule has 13 heavy (non-hydrogen) atoms. The third-order valence-corrected chi connectivity index (χ3v) is 2.14. The standard InChI is InChI=1S/C11H24O2/c1-3-5-6-7-8-11(10-12)13-9-4-2/h11-12H,3-10H2,1-2H3. The lowest BCUT2D eigenvalue weighted by molar-refractivity contribution is 0.00708. The zero-order chi connectivity index (χ0) is 9.94. The van der Waals surface area contributed by atoms with Crippen LogP contribution in [-0.2, 0) is 4.74 Å². The molecular formula is C11H24O2. The van der Waals surface area contributed by atoms with Crippen molar-refractivity contribution in [2.24, 2.45) is 0 Å². The first kappa shape index (κ1) is 12.9. The summed E-state index contributed by atoms with van der Waals surface area (Å²) < 4.78 is 5.47. The van der Waals surface area contributed by atoms with Gasteiger partial charge in [0.2, 0.25) is 0 Å².